The minimum Gasteiger partial charge on any atom is -0.545 e. The predicted molar refractivity (Wildman–Crippen MR) is 334 cm³/mol. The first kappa shape index (κ1) is 76.2. The van der Waals surface area contributed by atoms with Gasteiger partial charge in [0.15, 0.2) is 12.4 Å². The average molecular weight is 1110 g/mol. The molecule has 9 heteroatoms. The molecule has 0 radical (unpaired) electrons. The van der Waals surface area contributed by atoms with Crippen molar-refractivity contribution in [2.24, 2.45) is 0 Å². The normalized spacial score (nSPS) is 13.0. The summed E-state index contributed by atoms with van der Waals surface area (Å²) in [6.45, 7) is 4.70. The maximum absolute atomic E-state index is 12.9. The first-order valence-corrected chi connectivity index (χ1v) is 33.8. The first-order chi connectivity index (χ1) is 38.6. The summed E-state index contributed by atoms with van der Waals surface area (Å²) in [7, 11) is 5.94. The van der Waals surface area contributed by atoms with Gasteiger partial charge in [0.2, 0.25) is 0 Å². The maximum atomic E-state index is 12.9. The van der Waals surface area contributed by atoms with Crippen molar-refractivity contribution in [1.29, 1.82) is 0 Å². The predicted octanol–water partition coefficient (Wildman–Crippen LogP) is 19.2. The molecule has 0 aromatic heterocycles. The molecule has 0 rings (SSSR count). The van der Waals surface area contributed by atoms with Gasteiger partial charge >= 0.3 is 11.9 Å². The zero-order valence-electron chi connectivity index (χ0n) is 52.8. The van der Waals surface area contributed by atoms with E-state index in [4.69, 9.17) is 18.9 Å². The van der Waals surface area contributed by atoms with Gasteiger partial charge in [-0.05, 0) is 51.4 Å². The van der Waals surface area contributed by atoms with E-state index in [0.29, 0.717) is 17.4 Å². The number of aliphatic carboxylic acids is 1. The van der Waals surface area contributed by atoms with Gasteiger partial charge in [0.05, 0.1) is 40.3 Å². The van der Waals surface area contributed by atoms with Crippen LogP contribution in [-0.2, 0) is 33.3 Å². The Morgan fingerprint density at radius 1 is 0.392 bits per heavy atom. The summed E-state index contributed by atoms with van der Waals surface area (Å²) in [5, 5.41) is 11.8. The molecule has 462 valence electrons. The first-order valence-electron chi connectivity index (χ1n) is 33.8. The lowest BCUT2D eigenvalue weighted by molar-refractivity contribution is -0.870. The number of rotatable bonds is 63. The number of quaternary nitrogens is 1. The summed E-state index contributed by atoms with van der Waals surface area (Å²) in [4.78, 5) is 37.4. The molecule has 0 aromatic rings. The molecule has 0 saturated carbocycles. The van der Waals surface area contributed by atoms with E-state index in [2.05, 4.69) is 62.5 Å². The third kappa shape index (κ3) is 62.7. The second-order valence-electron chi connectivity index (χ2n) is 24.1. The number of nitrogens with zero attached hydrogens (tertiary/aromatic N) is 1. The number of esters is 2. The van der Waals surface area contributed by atoms with Crippen LogP contribution < -0.4 is 5.11 Å². The van der Waals surface area contributed by atoms with Gasteiger partial charge in [0, 0.05) is 12.8 Å². The van der Waals surface area contributed by atoms with Crippen molar-refractivity contribution in [3.8, 4) is 0 Å². The fourth-order valence-corrected chi connectivity index (χ4v) is 9.94. The van der Waals surface area contributed by atoms with Crippen LogP contribution in [0.15, 0.2) is 48.6 Å². The highest BCUT2D eigenvalue weighted by Crippen LogP contribution is 2.18. The molecule has 0 N–H and O–H groups in total. The molecule has 0 saturated heterocycles. The second-order valence-corrected chi connectivity index (χ2v) is 24.1. The highest BCUT2D eigenvalue weighted by Gasteiger charge is 2.22. The van der Waals surface area contributed by atoms with E-state index < -0.39 is 24.3 Å². The molecular weight excluding hydrogens is 983 g/mol. The maximum Gasteiger partial charge on any atom is 0.306 e. The Hall–Kier alpha value is -2.75. The molecular formula is C70H129NO8. The van der Waals surface area contributed by atoms with Crippen molar-refractivity contribution >= 4 is 17.9 Å². The Kier molecular flexibility index (Phi) is 59.2. The summed E-state index contributed by atoms with van der Waals surface area (Å²) < 4.78 is 22.8. The highest BCUT2D eigenvalue weighted by molar-refractivity contribution is 5.70. The number of likely N-dealkylation sites (N-methyl/N-ethyl adjacent to an activating group) is 1. The molecule has 0 aliphatic rings. The van der Waals surface area contributed by atoms with Gasteiger partial charge in [0.25, 0.3) is 0 Å². The smallest absolute Gasteiger partial charge is 0.306 e. The van der Waals surface area contributed by atoms with Crippen LogP contribution in [-0.4, -0.2) is 82.3 Å². The van der Waals surface area contributed by atoms with Gasteiger partial charge < -0.3 is 33.3 Å². The number of unbranched alkanes of at least 4 members (excludes halogenated alkanes) is 40. The highest BCUT2D eigenvalue weighted by atomic mass is 16.7. The van der Waals surface area contributed by atoms with E-state index in [9.17, 15) is 19.5 Å². The fourth-order valence-electron chi connectivity index (χ4n) is 9.94. The van der Waals surface area contributed by atoms with Crippen LogP contribution in [0.5, 0.6) is 0 Å². The number of hydrogen-bond donors (Lipinski definition) is 0. The Morgan fingerprint density at radius 2 is 0.722 bits per heavy atom. The largest absolute Gasteiger partial charge is 0.545 e. The van der Waals surface area contributed by atoms with E-state index in [-0.39, 0.29) is 32.2 Å². The van der Waals surface area contributed by atoms with Gasteiger partial charge in [-0.25, -0.2) is 0 Å². The van der Waals surface area contributed by atoms with Crippen molar-refractivity contribution in [1.82, 2.24) is 0 Å². The quantitative estimate of drug-likeness (QED) is 0.0195. The zero-order valence-corrected chi connectivity index (χ0v) is 52.8. The molecule has 79 heavy (non-hydrogen) atoms. The molecule has 0 aromatic carbocycles. The number of carbonyl (C=O) groups excluding carboxylic acids is 3. The average Bonchev–Trinajstić information content (AvgIpc) is 3.42. The lowest BCUT2D eigenvalue weighted by atomic mass is 10.0. The molecule has 9 nitrogen and oxygen atoms in total. The van der Waals surface area contributed by atoms with Crippen molar-refractivity contribution < 1.29 is 42.9 Å². The number of carboxylic acids is 1. The summed E-state index contributed by atoms with van der Waals surface area (Å²) in [5.41, 5.74) is 0. The molecule has 2 unspecified atom stereocenters. The lowest BCUT2D eigenvalue weighted by Gasteiger charge is -2.26. The van der Waals surface area contributed by atoms with Crippen molar-refractivity contribution in [3.05, 3.63) is 48.6 Å². The number of carboxylic acid groups (broad SMARTS) is 1. The van der Waals surface area contributed by atoms with Crippen LogP contribution in [0.2, 0.25) is 0 Å². The Labute approximate surface area is 489 Å². The van der Waals surface area contributed by atoms with E-state index >= 15 is 0 Å². The van der Waals surface area contributed by atoms with E-state index in [0.717, 1.165) is 64.2 Å². The molecule has 0 heterocycles. The molecule has 0 aliphatic heterocycles. The Balaban J connectivity index is 4.06. The third-order valence-corrected chi connectivity index (χ3v) is 15.1. The topological polar surface area (TPSA) is 111 Å². The van der Waals surface area contributed by atoms with Gasteiger partial charge in [-0.2, -0.15) is 0 Å². The van der Waals surface area contributed by atoms with E-state index in [1.807, 2.05) is 21.1 Å². The third-order valence-electron chi connectivity index (χ3n) is 15.1. The molecule has 0 aliphatic carbocycles. The lowest BCUT2D eigenvalue weighted by Crippen LogP contribution is -2.44. The summed E-state index contributed by atoms with van der Waals surface area (Å²) in [5.74, 6) is -2.26. The second kappa shape index (κ2) is 61.3. The summed E-state index contributed by atoms with van der Waals surface area (Å²) in [6.07, 6.45) is 74.7. The van der Waals surface area contributed by atoms with Crippen LogP contribution in [0.1, 0.15) is 322 Å². The number of ether oxygens (including phenoxy) is 4. The molecule has 0 amide bonds. The number of carbonyl (C=O) groups is 3. The van der Waals surface area contributed by atoms with Gasteiger partial charge in [-0.3, -0.25) is 9.59 Å². The Bertz CT molecular complexity index is 1430. The summed E-state index contributed by atoms with van der Waals surface area (Å²) >= 11 is 0. The van der Waals surface area contributed by atoms with Crippen molar-refractivity contribution in [2.75, 3.05) is 47.5 Å². The van der Waals surface area contributed by atoms with Crippen LogP contribution in [0, 0.1) is 0 Å². The van der Waals surface area contributed by atoms with Crippen molar-refractivity contribution in [2.45, 2.75) is 334 Å². The van der Waals surface area contributed by atoms with Crippen LogP contribution in [0.4, 0.5) is 0 Å². The van der Waals surface area contributed by atoms with Crippen molar-refractivity contribution in [3.63, 3.8) is 0 Å². The molecule has 0 fully saturated rings. The van der Waals surface area contributed by atoms with Crippen LogP contribution in [0.3, 0.4) is 0 Å². The number of hydrogen-bond acceptors (Lipinski definition) is 8. The molecule has 0 spiro atoms. The SMILES string of the molecule is CC/C=C\C/C=C\C/C=C\C/C=C\CCCCCCCCCCCCCCCCCCCCCCC(=O)OC(COC(=O)CCCCCCCCCCCCCCCCCCCCCCC)COC(OCC[N+](C)(C)C)C(=O)[O-]. The fraction of sp³-hybridized carbons (Fsp3) is 0.843. The molecule has 2 atom stereocenters. The minimum absolute atomic E-state index is 0.150. The summed E-state index contributed by atoms with van der Waals surface area (Å²) in [6, 6.07) is 0. The van der Waals surface area contributed by atoms with E-state index in [1.54, 1.807) is 0 Å². The van der Waals surface area contributed by atoms with Crippen LogP contribution in [0.25, 0.3) is 0 Å². The number of allylic oxidation sites excluding steroid dienone is 8. The van der Waals surface area contributed by atoms with Gasteiger partial charge in [-0.15, -0.1) is 0 Å². The Morgan fingerprint density at radius 3 is 1.08 bits per heavy atom. The minimum atomic E-state index is -1.62. The van der Waals surface area contributed by atoms with Gasteiger partial charge in [-0.1, -0.05) is 306 Å². The van der Waals surface area contributed by atoms with Crippen LogP contribution >= 0.6 is 0 Å². The van der Waals surface area contributed by atoms with Gasteiger partial charge in [0.1, 0.15) is 13.2 Å². The standard InChI is InChI=1S/C70H129NO8/c1-6-8-10-12-14-16-18-20-22-24-26-28-29-30-31-32-33-34-35-36-37-38-39-41-43-45-47-49-51-53-55-57-59-61-68(73)79-66(65-78-70(69(74)75)76-63-62-71(3,4)5)64-77-67(72)60-58-56-54-52-50-48-46-44-42-40-27-25-23-21-19-17-15-13-11-9-7-2/h8,10,14,16,20,22,26,28,66,70H,6-7,9,11-13,15,17-19,21,23-25,27,29-65H2,1-5H3/b10-8-,16-14-,22-20-,28-26-. The zero-order chi connectivity index (χ0) is 57.6. The van der Waals surface area contributed by atoms with E-state index in [1.165, 1.54) is 231 Å². The molecule has 0 bridgehead atoms. The monoisotopic (exact) mass is 1110 g/mol.